The third-order valence-electron chi connectivity index (χ3n) is 2.70. The van der Waals surface area contributed by atoms with Crippen molar-refractivity contribution in [2.75, 3.05) is 0 Å². The summed E-state index contributed by atoms with van der Waals surface area (Å²) in [6.07, 6.45) is 0. The molecule has 0 amide bonds. The predicted molar refractivity (Wildman–Crippen MR) is 74.4 cm³/mol. The van der Waals surface area contributed by atoms with Gasteiger partial charge in [-0.05, 0) is 52.5 Å². The Balaban J connectivity index is 1.98. The zero-order valence-electron chi connectivity index (χ0n) is 10.6. The van der Waals surface area contributed by atoms with Gasteiger partial charge in [0.15, 0.2) is 0 Å². The van der Waals surface area contributed by atoms with E-state index in [9.17, 15) is 4.39 Å². The van der Waals surface area contributed by atoms with Crippen molar-refractivity contribution in [2.24, 2.45) is 0 Å². The number of nitrogens with zero attached hydrogens (tertiary/aromatic N) is 5. The molecule has 0 spiro atoms. The molecule has 0 fully saturated rings. The molecule has 5 nitrogen and oxygen atoms in total. The van der Waals surface area contributed by atoms with E-state index in [0.29, 0.717) is 10.1 Å². The second-order valence-corrected chi connectivity index (χ2v) is 5.07. The highest BCUT2D eigenvalue weighted by Crippen LogP contribution is 2.29. The minimum absolute atomic E-state index is 0.252. The Hall–Kier alpha value is -2.72. The minimum atomic E-state index is -0.446. The summed E-state index contributed by atoms with van der Waals surface area (Å²) in [5, 5.41) is 21.1. The van der Waals surface area contributed by atoms with E-state index < -0.39 is 5.82 Å². The van der Waals surface area contributed by atoms with E-state index in [1.54, 1.807) is 10.7 Å². The Morgan fingerprint density at radius 2 is 1.95 bits per heavy atom. The number of para-hydroxylation sites is 1. The van der Waals surface area contributed by atoms with Crippen LogP contribution in [0.25, 0.3) is 5.69 Å². The highest BCUT2D eigenvalue weighted by atomic mass is 32.2. The van der Waals surface area contributed by atoms with E-state index in [1.807, 2.05) is 36.4 Å². The first kappa shape index (κ1) is 13.3. The number of halogens is 1. The monoisotopic (exact) mass is 297 g/mol. The fraction of sp³-hybridized carbons (Fsp3) is 0. The first-order valence-electron chi connectivity index (χ1n) is 5.99. The molecule has 0 atom stereocenters. The molecule has 0 bridgehead atoms. The second kappa shape index (κ2) is 5.73. The summed E-state index contributed by atoms with van der Waals surface area (Å²) in [4.78, 5) is 0.603. The van der Waals surface area contributed by atoms with Gasteiger partial charge in [0, 0.05) is 4.90 Å². The summed E-state index contributed by atoms with van der Waals surface area (Å²) in [7, 11) is 0. The van der Waals surface area contributed by atoms with Gasteiger partial charge in [-0.15, -0.1) is 5.10 Å². The fourth-order valence-corrected chi connectivity index (χ4v) is 2.60. The van der Waals surface area contributed by atoms with E-state index in [2.05, 4.69) is 15.5 Å². The summed E-state index contributed by atoms with van der Waals surface area (Å²) in [5.41, 5.74) is 1.06. The largest absolute Gasteiger partial charge is 0.218 e. The third kappa shape index (κ3) is 2.75. The van der Waals surface area contributed by atoms with Gasteiger partial charge in [0.2, 0.25) is 5.16 Å². The van der Waals surface area contributed by atoms with Crippen molar-refractivity contribution in [3.05, 3.63) is 59.9 Å². The quantitative estimate of drug-likeness (QED) is 0.743. The maximum atomic E-state index is 13.2. The first-order chi connectivity index (χ1) is 10.3. The maximum absolute atomic E-state index is 13.2. The minimum Gasteiger partial charge on any atom is -0.207 e. The Bertz CT molecular complexity index is 810. The first-order valence-corrected chi connectivity index (χ1v) is 6.81. The molecule has 21 heavy (non-hydrogen) atoms. The molecule has 1 heterocycles. The number of tetrazole rings is 1. The average molecular weight is 297 g/mol. The molecule has 2 aromatic carbocycles. The third-order valence-corrected chi connectivity index (χ3v) is 3.72. The standard InChI is InChI=1S/C14H8FN5S/c15-11-6-7-13(10(8-11)9-16)21-14-17-18-19-20(14)12-4-2-1-3-5-12/h1-8H. The van der Waals surface area contributed by atoms with Crippen LogP contribution in [0.3, 0.4) is 0 Å². The van der Waals surface area contributed by atoms with Crippen LogP contribution < -0.4 is 0 Å². The van der Waals surface area contributed by atoms with Gasteiger partial charge in [-0.25, -0.2) is 4.39 Å². The van der Waals surface area contributed by atoms with Crippen molar-refractivity contribution in [3.8, 4) is 11.8 Å². The maximum Gasteiger partial charge on any atom is 0.218 e. The molecule has 1 aromatic heterocycles. The van der Waals surface area contributed by atoms with Gasteiger partial charge in [0.25, 0.3) is 0 Å². The predicted octanol–water partition coefficient (Wildman–Crippen LogP) is 2.82. The lowest BCUT2D eigenvalue weighted by Gasteiger charge is -2.05. The Morgan fingerprint density at radius 3 is 2.71 bits per heavy atom. The van der Waals surface area contributed by atoms with Crippen molar-refractivity contribution in [2.45, 2.75) is 10.1 Å². The highest BCUT2D eigenvalue weighted by molar-refractivity contribution is 7.99. The Morgan fingerprint density at radius 1 is 1.14 bits per heavy atom. The fourth-order valence-electron chi connectivity index (χ4n) is 1.75. The zero-order chi connectivity index (χ0) is 14.7. The number of nitriles is 1. The Labute approximate surface area is 124 Å². The highest BCUT2D eigenvalue weighted by Gasteiger charge is 2.13. The topological polar surface area (TPSA) is 67.4 Å². The second-order valence-electron chi connectivity index (χ2n) is 4.06. The smallest absolute Gasteiger partial charge is 0.207 e. The van der Waals surface area contributed by atoms with Crippen molar-refractivity contribution in [1.82, 2.24) is 20.2 Å². The van der Waals surface area contributed by atoms with Gasteiger partial charge in [0.1, 0.15) is 11.9 Å². The van der Waals surface area contributed by atoms with E-state index >= 15 is 0 Å². The van der Waals surface area contributed by atoms with Crippen LogP contribution in [0.4, 0.5) is 4.39 Å². The van der Waals surface area contributed by atoms with Gasteiger partial charge in [-0.1, -0.05) is 18.2 Å². The van der Waals surface area contributed by atoms with Crippen LogP contribution in [-0.4, -0.2) is 20.2 Å². The Kier molecular flexibility index (Phi) is 3.62. The molecule has 102 valence electrons. The number of hydrogen-bond donors (Lipinski definition) is 0. The van der Waals surface area contributed by atoms with E-state index in [4.69, 9.17) is 5.26 Å². The van der Waals surface area contributed by atoms with Gasteiger partial charge < -0.3 is 0 Å². The van der Waals surface area contributed by atoms with Gasteiger partial charge in [0.05, 0.1) is 11.3 Å². The molecular formula is C14H8FN5S. The summed E-state index contributed by atoms with van der Waals surface area (Å²) < 4.78 is 14.7. The lowest BCUT2D eigenvalue weighted by Crippen LogP contribution is -1.98. The average Bonchev–Trinajstić information content (AvgIpc) is 2.98. The molecule has 0 unspecified atom stereocenters. The van der Waals surface area contributed by atoms with Crippen LogP contribution in [0.2, 0.25) is 0 Å². The summed E-state index contributed by atoms with van der Waals surface area (Å²) in [5.74, 6) is -0.446. The van der Waals surface area contributed by atoms with Gasteiger partial charge in [-0.3, -0.25) is 0 Å². The van der Waals surface area contributed by atoms with Gasteiger partial charge in [-0.2, -0.15) is 9.94 Å². The van der Waals surface area contributed by atoms with Crippen LogP contribution in [0, 0.1) is 17.1 Å². The van der Waals surface area contributed by atoms with Crippen LogP contribution in [-0.2, 0) is 0 Å². The summed E-state index contributed by atoms with van der Waals surface area (Å²) in [6, 6.07) is 15.4. The van der Waals surface area contributed by atoms with E-state index in [1.165, 1.54) is 23.9 Å². The molecule has 7 heteroatoms. The molecule has 0 saturated carbocycles. The molecule has 0 aliphatic rings. The lowest BCUT2D eigenvalue weighted by atomic mass is 10.2. The summed E-state index contributed by atoms with van der Waals surface area (Å²) >= 11 is 1.21. The van der Waals surface area contributed by atoms with Crippen molar-refractivity contribution < 1.29 is 4.39 Å². The molecule has 3 aromatic rings. The molecule has 0 aliphatic heterocycles. The normalized spacial score (nSPS) is 10.3. The van der Waals surface area contributed by atoms with E-state index in [-0.39, 0.29) is 5.56 Å². The molecule has 0 radical (unpaired) electrons. The van der Waals surface area contributed by atoms with Crippen LogP contribution in [0.1, 0.15) is 5.56 Å². The van der Waals surface area contributed by atoms with Crippen molar-refractivity contribution >= 4 is 11.8 Å². The molecule has 0 saturated heterocycles. The van der Waals surface area contributed by atoms with Crippen LogP contribution in [0.5, 0.6) is 0 Å². The number of rotatable bonds is 3. The lowest BCUT2D eigenvalue weighted by molar-refractivity contribution is 0.626. The van der Waals surface area contributed by atoms with Crippen molar-refractivity contribution in [1.29, 1.82) is 5.26 Å². The summed E-state index contributed by atoms with van der Waals surface area (Å²) in [6.45, 7) is 0. The van der Waals surface area contributed by atoms with Gasteiger partial charge >= 0.3 is 0 Å². The van der Waals surface area contributed by atoms with Crippen LogP contribution >= 0.6 is 11.8 Å². The molecule has 0 aliphatic carbocycles. The molecule has 0 N–H and O–H groups in total. The molecular weight excluding hydrogens is 289 g/mol. The molecule has 3 rings (SSSR count). The van der Waals surface area contributed by atoms with Crippen molar-refractivity contribution in [3.63, 3.8) is 0 Å². The number of hydrogen-bond acceptors (Lipinski definition) is 5. The zero-order valence-corrected chi connectivity index (χ0v) is 11.5. The van der Waals surface area contributed by atoms with Crippen LogP contribution in [0.15, 0.2) is 58.6 Å². The SMILES string of the molecule is N#Cc1cc(F)ccc1Sc1nnnn1-c1ccccc1. The van der Waals surface area contributed by atoms with E-state index in [0.717, 1.165) is 5.69 Å². The number of aromatic nitrogens is 4. The number of benzene rings is 2.